The maximum absolute atomic E-state index is 12.9. The Hall–Kier alpha value is -2.43. The summed E-state index contributed by atoms with van der Waals surface area (Å²) in [7, 11) is 3.28. The van der Waals surface area contributed by atoms with Crippen LogP contribution in [0.15, 0.2) is 30.5 Å². The third kappa shape index (κ3) is 2.97. The summed E-state index contributed by atoms with van der Waals surface area (Å²) in [5.41, 5.74) is 2.49. The molecule has 1 aromatic carbocycles. The van der Waals surface area contributed by atoms with Crippen molar-refractivity contribution in [3.63, 3.8) is 0 Å². The van der Waals surface area contributed by atoms with E-state index in [0.29, 0.717) is 23.6 Å². The lowest BCUT2D eigenvalue weighted by molar-refractivity contribution is -0.0120. The first kappa shape index (κ1) is 17.7. The van der Waals surface area contributed by atoms with Crippen molar-refractivity contribution in [2.45, 2.75) is 38.1 Å². The van der Waals surface area contributed by atoms with Gasteiger partial charge in [0, 0.05) is 29.4 Å². The van der Waals surface area contributed by atoms with Crippen molar-refractivity contribution in [1.82, 2.24) is 10.3 Å². The van der Waals surface area contributed by atoms with Crippen molar-refractivity contribution in [1.29, 1.82) is 0 Å². The Morgan fingerprint density at radius 3 is 2.36 bits per heavy atom. The number of H-pyrrole nitrogens is 1. The summed E-state index contributed by atoms with van der Waals surface area (Å²) in [4.78, 5) is 16.1. The number of hydrogen-bond acceptors (Lipinski definition) is 3. The molecule has 0 radical (unpaired) electrons. The fourth-order valence-electron chi connectivity index (χ4n) is 6.11. The number of hydrogen-bond donors (Lipinski definition) is 2. The summed E-state index contributed by atoms with van der Waals surface area (Å²) in [5.74, 6) is 4.66. The van der Waals surface area contributed by atoms with Crippen LogP contribution in [0.5, 0.6) is 11.5 Å². The summed E-state index contributed by atoms with van der Waals surface area (Å²) < 4.78 is 10.8. The molecule has 0 saturated heterocycles. The summed E-state index contributed by atoms with van der Waals surface area (Å²) in [5, 5.41) is 3.37. The van der Waals surface area contributed by atoms with Gasteiger partial charge in [-0.1, -0.05) is 0 Å². The highest BCUT2D eigenvalue weighted by molar-refractivity contribution is 5.94. The van der Waals surface area contributed by atoms with E-state index < -0.39 is 0 Å². The molecule has 4 bridgehead atoms. The second-order valence-corrected chi connectivity index (χ2v) is 8.80. The van der Waals surface area contributed by atoms with E-state index in [1.54, 1.807) is 14.2 Å². The van der Waals surface area contributed by atoms with E-state index in [0.717, 1.165) is 34.5 Å². The van der Waals surface area contributed by atoms with Crippen LogP contribution in [0.1, 0.15) is 42.6 Å². The van der Waals surface area contributed by atoms with Gasteiger partial charge in [-0.2, -0.15) is 0 Å². The van der Waals surface area contributed by atoms with Gasteiger partial charge < -0.3 is 19.8 Å². The van der Waals surface area contributed by atoms with Gasteiger partial charge in [0.15, 0.2) is 0 Å². The Morgan fingerprint density at radius 2 is 1.71 bits per heavy atom. The summed E-state index contributed by atoms with van der Waals surface area (Å²) >= 11 is 0. The molecule has 6 rings (SSSR count). The molecule has 0 spiro atoms. The van der Waals surface area contributed by atoms with Gasteiger partial charge in [0.1, 0.15) is 17.2 Å². The largest absolute Gasteiger partial charge is 0.497 e. The number of methoxy groups -OCH3 is 2. The Balaban J connectivity index is 1.33. The summed E-state index contributed by atoms with van der Waals surface area (Å²) in [6.45, 7) is 0. The maximum atomic E-state index is 12.9. The van der Waals surface area contributed by atoms with E-state index in [-0.39, 0.29) is 5.91 Å². The average molecular weight is 380 g/mol. The zero-order valence-electron chi connectivity index (χ0n) is 16.5. The SMILES string of the molecule is COc1ccc(-c2c[nH]c(C(=O)NC3C4CC5CC(C4)CC3C5)c2)c(OC)c1. The number of aromatic amines is 1. The fraction of sp³-hybridized carbons (Fsp3) is 0.522. The minimum Gasteiger partial charge on any atom is -0.497 e. The van der Waals surface area contributed by atoms with Gasteiger partial charge in [0.25, 0.3) is 5.91 Å². The number of benzene rings is 1. The third-order valence-corrected chi connectivity index (χ3v) is 7.17. The number of amides is 1. The van der Waals surface area contributed by atoms with Crippen LogP contribution in [-0.4, -0.2) is 31.2 Å². The van der Waals surface area contributed by atoms with E-state index in [4.69, 9.17) is 9.47 Å². The fourth-order valence-corrected chi connectivity index (χ4v) is 6.11. The summed E-state index contributed by atoms with van der Waals surface area (Å²) in [6, 6.07) is 7.98. The Labute approximate surface area is 165 Å². The lowest BCUT2D eigenvalue weighted by Gasteiger charge is -2.54. The number of rotatable bonds is 5. The van der Waals surface area contributed by atoms with Crippen LogP contribution in [0.3, 0.4) is 0 Å². The first-order valence-corrected chi connectivity index (χ1v) is 10.4. The zero-order chi connectivity index (χ0) is 19.3. The molecule has 4 fully saturated rings. The third-order valence-electron chi connectivity index (χ3n) is 7.17. The molecule has 0 atom stereocenters. The highest BCUT2D eigenvalue weighted by atomic mass is 16.5. The van der Waals surface area contributed by atoms with Gasteiger partial charge in [0.2, 0.25) is 0 Å². The first-order valence-electron chi connectivity index (χ1n) is 10.4. The van der Waals surface area contributed by atoms with E-state index in [1.165, 1.54) is 32.1 Å². The van der Waals surface area contributed by atoms with Gasteiger partial charge in [-0.05, 0) is 74.0 Å². The molecule has 0 aliphatic heterocycles. The van der Waals surface area contributed by atoms with Crippen molar-refractivity contribution in [3.8, 4) is 22.6 Å². The molecular formula is C23H28N2O3. The quantitative estimate of drug-likeness (QED) is 0.815. The molecule has 1 heterocycles. The van der Waals surface area contributed by atoms with Crippen molar-refractivity contribution in [3.05, 3.63) is 36.2 Å². The van der Waals surface area contributed by atoms with Crippen molar-refractivity contribution in [2.75, 3.05) is 14.2 Å². The van der Waals surface area contributed by atoms with E-state index in [2.05, 4.69) is 10.3 Å². The Kier molecular flexibility index (Phi) is 4.33. The van der Waals surface area contributed by atoms with E-state index >= 15 is 0 Å². The van der Waals surface area contributed by atoms with Crippen LogP contribution >= 0.6 is 0 Å². The molecule has 4 saturated carbocycles. The predicted octanol–water partition coefficient (Wildman–Crippen LogP) is 4.25. The molecule has 1 aromatic heterocycles. The first-order chi connectivity index (χ1) is 13.6. The smallest absolute Gasteiger partial charge is 0.267 e. The van der Waals surface area contributed by atoms with Gasteiger partial charge in [0.05, 0.1) is 14.2 Å². The van der Waals surface area contributed by atoms with E-state index in [9.17, 15) is 4.79 Å². The van der Waals surface area contributed by atoms with Crippen LogP contribution in [0.2, 0.25) is 0 Å². The van der Waals surface area contributed by atoms with Crippen LogP contribution in [-0.2, 0) is 0 Å². The number of carbonyl (C=O) groups excluding carboxylic acids is 1. The highest BCUT2D eigenvalue weighted by Crippen LogP contribution is 2.53. The number of aromatic nitrogens is 1. The second kappa shape index (κ2) is 6.87. The molecular weight excluding hydrogens is 352 g/mol. The molecule has 2 aromatic rings. The molecule has 5 heteroatoms. The predicted molar refractivity (Wildman–Crippen MR) is 108 cm³/mol. The van der Waals surface area contributed by atoms with Crippen LogP contribution in [0, 0.1) is 23.7 Å². The molecule has 1 amide bonds. The normalized spacial score (nSPS) is 30.3. The average Bonchev–Trinajstić information content (AvgIpc) is 3.19. The van der Waals surface area contributed by atoms with Gasteiger partial charge in [-0.15, -0.1) is 0 Å². The van der Waals surface area contributed by atoms with Crippen LogP contribution < -0.4 is 14.8 Å². The van der Waals surface area contributed by atoms with E-state index in [1.807, 2.05) is 30.5 Å². The molecule has 4 aliphatic rings. The monoisotopic (exact) mass is 380 g/mol. The second-order valence-electron chi connectivity index (χ2n) is 8.80. The molecule has 148 valence electrons. The maximum Gasteiger partial charge on any atom is 0.267 e. The highest BCUT2D eigenvalue weighted by Gasteiger charge is 2.48. The lowest BCUT2D eigenvalue weighted by atomic mass is 9.54. The lowest BCUT2D eigenvalue weighted by Crippen LogP contribution is -2.55. The van der Waals surface area contributed by atoms with Crippen molar-refractivity contribution < 1.29 is 14.3 Å². The molecule has 4 aliphatic carbocycles. The topological polar surface area (TPSA) is 63.4 Å². The molecule has 0 unspecified atom stereocenters. The molecule has 5 nitrogen and oxygen atoms in total. The molecule has 2 N–H and O–H groups in total. The Morgan fingerprint density at radius 1 is 1.00 bits per heavy atom. The van der Waals surface area contributed by atoms with Crippen molar-refractivity contribution in [2.24, 2.45) is 23.7 Å². The van der Waals surface area contributed by atoms with Gasteiger partial charge in [-0.3, -0.25) is 4.79 Å². The number of carbonyl (C=O) groups is 1. The summed E-state index contributed by atoms with van der Waals surface area (Å²) in [6.07, 6.45) is 8.51. The minimum absolute atomic E-state index is 0.0104. The van der Waals surface area contributed by atoms with Crippen molar-refractivity contribution >= 4 is 5.91 Å². The van der Waals surface area contributed by atoms with Gasteiger partial charge in [-0.25, -0.2) is 0 Å². The van der Waals surface area contributed by atoms with Gasteiger partial charge >= 0.3 is 0 Å². The molecule has 28 heavy (non-hydrogen) atoms. The standard InChI is InChI=1S/C23H28N2O3/c1-27-18-3-4-19(21(11-18)28-2)17-10-20(24-12-17)23(26)25-22-15-6-13-5-14(8-15)9-16(22)7-13/h3-4,10-16,22,24H,5-9H2,1-2H3,(H,25,26). The number of nitrogens with one attached hydrogen (secondary N) is 2. The minimum atomic E-state index is 0.0104. The Bertz CT molecular complexity index is 860. The van der Waals surface area contributed by atoms with Crippen LogP contribution in [0.25, 0.3) is 11.1 Å². The zero-order valence-corrected chi connectivity index (χ0v) is 16.5. The number of ether oxygens (including phenoxy) is 2. The van der Waals surface area contributed by atoms with Crippen LogP contribution in [0.4, 0.5) is 0 Å².